The largest absolute Gasteiger partial charge is 0.309 e. The van der Waals surface area contributed by atoms with Crippen LogP contribution in [-0.2, 0) is 5.41 Å². The molecule has 0 aliphatic heterocycles. The van der Waals surface area contributed by atoms with E-state index in [1.54, 1.807) is 0 Å². The minimum Gasteiger partial charge on any atom is -0.309 e. The summed E-state index contributed by atoms with van der Waals surface area (Å²) in [5, 5.41) is 2.50. The summed E-state index contributed by atoms with van der Waals surface area (Å²) >= 11 is 0. The van der Waals surface area contributed by atoms with Crippen LogP contribution in [0.3, 0.4) is 0 Å². The zero-order valence-corrected chi connectivity index (χ0v) is 27.5. The number of hydrogen-bond donors (Lipinski definition) is 0. The van der Waals surface area contributed by atoms with Gasteiger partial charge in [0.2, 0.25) is 0 Å². The second-order valence-corrected chi connectivity index (χ2v) is 13.3. The molecule has 0 N–H and O–H groups in total. The van der Waals surface area contributed by atoms with Crippen molar-refractivity contribution in [2.45, 2.75) is 5.41 Å². The number of aromatic nitrogens is 1. The Labute approximate surface area is 292 Å². The molecule has 0 unspecified atom stereocenters. The van der Waals surface area contributed by atoms with Crippen LogP contribution in [0.4, 0.5) is 0 Å². The Balaban J connectivity index is 1.27. The summed E-state index contributed by atoms with van der Waals surface area (Å²) in [7, 11) is 0. The van der Waals surface area contributed by atoms with Gasteiger partial charge >= 0.3 is 0 Å². The Morgan fingerprint density at radius 3 is 1.32 bits per heavy atom. The fraction of sp³-hybridized carbons (Fsp3) is 0.0204. The molecule has 234 valence electrons. The summed E-state index contributed by atoms with van der Waals surface area (Å²) in [4.78, 5) is 0. The summed E-state index contributed by atoms with van der Waals surface area (Å²) in [6.07, 6.45) is 0. The maximum absolute atomic E-state index is 2.47. The van der Waals surface area contributed by atoms with Gasteiger partial charge < -0.3 is 4.57 Å². The van der Waals surface area contributed by atoms with Crippen LogP contribution >= 0.6 is 0 Å². The minimum absolute atomic E-state index is 0.454. The van der Waals surface area contributed by atoms with Crippen molar-refractivity contribution >= 4 is 21.8 Å². The van der Waals surface area contributed by atoms with Crippen molar-refractivity contribution in [3.8, 4) is 39.1 Å². The number of benzene rings is 8. The fourth-order valence-corrected chi connectivity index (χ4v) is 8.49. The molecular weight excluding hydrogens is 603 g/mol. The molecule has 0 radical (unpaired) electrons. The Hall–Kier alpha value is -6.44. The van der Waals surface area contributed by atoms with E-state index in [4.69, 9.17) is 0 Å². The maximum Gasteiger partial charge on any atom is 0.0714 e. The molecule has 1 heteroatoms. The van der Waals surface area contributed by atoms with E-state index in [9.17, 15) is 0 Å². The van der Waals surface area contributed by atoms with Crippen molar-refractivity contribution < 1.29 is 0 Å². The number of nitrogens with zero attached hydrogens (tertiary/aromatic N) is 1. The highest BCUT2D eigenvalue weighted by atomic mass is 15.0. The molecule has 1 nitrogen and oxygen atoms in total. The number of fused-ring (bicyclic) bond motifs is 6. The van der Waals surface area contributed by atoms with Crippen LogP contribution in [0.2, 0.25) is 0 Å². The summed E-state index contributed by atoms with van der Waals surface area (Å²) in [6.45, 7) is 0. The van der Waals surface area contributed by atoms with E-state index in [-0.39, 0.29) is 0 Å². The van der Waals surface area contributed by atoms with Crippen LogP contribution in [0.5, 0.6) is 0 Å². The van der Waals surface area contributed by atoms with Crippen molar-refractivity contribution in [1.29, 1.82) is 0 Å². The molecule has 0 fully saturated rings. The number of hydrogen-bond acceptors (Lipinski definition) is 0. The topological polar surface area (TPSA) is 4.93 Å². The summed E-state index contributed by atoms with van der Waals surface area (Å²) in [5.74, 6) is 0. The highest BCUT2D eigenvalue weighted by molar-refractivity contribution is 6.11. The molecule has 10 rings (SSSR count). The second kappa shape index (κ2) is 11.3. The van der Waals surface area contributed by atoms with Gasteiger partial charge in [-0.15, -0.1) is 0 Å². The van der Waals surface area contributed by atoms with Gasteiger partial charge in [-0.25, -0.2) is 0 Å². The third-order valence-corrected chi connectivity index (χ3v) is 10.7. The predicted octanol–water partition coefficient (Wildman–Crippen LogP) is 12.5. The van der Waals surface area contributed by atoms with Crippen LogP contribution < -0.4 is 0 Å². The van der Waals surface area contributed by atoms with Gasteiger partial charge in [0.1, 0.15) is 0 Å². The van der Waals surface area contributed by atoms with Gasteiger partial charge in [0.05, 0.1) is 16.4 Å². The van der Waals surface area contributed by atoms with Gasteiger partial charge in [-0.3, -0.25) is 0 Å². The highest BCUT2D eigenvalue weighted by Gasteiger charge is 2.46. The molecule has 1 aliphatic rings. The van der Waals surface area contributed by atoms with Crippen molar-refractivity contribution in [2.24, 2.45) is 0 Å². The maximum atomic E-state index is 2.47. The summed E-state index contributed by atoms with van der Waals surface area (Å²) < 4.78 is 2.47. The highest BCUT2D eigenvalue weighted by Crippen LogP contribution is 2.56. The van der Waals surface area contributed by atoms with E-state index in [1.807, 2.05) is 0 Å². The molecule has 0 atom stereocenters. The zero-order valence-electron chi connectivity index (χ0n) is 27.5. The first-order valence-electron chi connectivity index (χ1n) is 17.4. The quantitative estimate of drug-likeness (QED) is 0.177. The average Bonchev–Trinajstić information content (AvgIpc) is 3.69. The predicted molar refractivity (Wildman–Crippen MR) is 209 cm³/mol. The van der Waals surface area contributed by atoms with Gasteiger partial charge in [-0.2, -0.15) is 0 Å². The van der Waals surface area contributed by atoms with E-state index >= 15 is 0 Å². The van der Waals surface area contributed by atoms with Gasteiger partial charge in [-0.05, 0) is 92.0 Å². The van der Waals surface area contributed by atoms with E-state index in [1.165, 1.54) is 77.4 Å². The molecule has 0 spiro atoms. The lowest BCUT2D eigenvalue weighted by Crippen LogP contribution is -2.28. The summed E-state index contributed by atoms with van der Waals surface area (Å²) in [5.41, 5.74) is 15.8. The summed E-state index contributed by atoms with van der Waals surface area (Å²) in [6, 6.07) is 73.5. The Bertz CT molecular complexity index is 2530. The van der Waals surface area contributed by atoms with Crippen LogP contribution in [0.1, 0.15) is 22.3 Å². The molecule has 1 aliphatic carbocycles. The first-order chi connectivity index (χ1) is 24.8. The molecule has 0 bridgehead atoms. The van der Waals surface area contributed by atoms with Gasteiger partial charge in [0.15, 0.2) is 0 Å². The minimum atomic E-state index is -0.454. The van der Waals surface area contributed by atoms with E-state index in [0.29, 0.717) is 0 Å². The lowest BCUT2D eigenvalue weighted by atomic mass is 9.67. The molecule has 1 aromatic heterocycles. The van der Waals surface area contributed by atoms with Crippen molar-refractivity contribution in [3.63, 3.8) is 0 Å². The Kier molecular flexibility index (Phi) is 6.47. The van der Waals surface area contributed by atoms with Crippen molar-refractivity contribution in [1.82, 2.24) is 4.57 Å². The van der Waals surface area contributed by atoms with E-state index < -0.39 is 5.41 Å². The lowest BCUT2D eigenvalue weighted by molar-refractivity contribution is 0.767. The molecular formula is C49H33N. The zero-order chi connectivity index (χ0) is 33.1. The van der Waals surface area contributed by atoms with Crippen LogP contribution in [0.25, 0.3) is 60.9 Å². The van der Waals surface area contributed by atoms with E-state index in [2.05, 4.69) is 205 Å². The van der Waals surface area contributed by atoms with Crippen LogP contribution in [0.15, 0.2) is 200 Å². The molecule has 1 heterocycles. The molecule has 0 saturated carbocycles. The molecule has 0 saturated heterocycles. The Morgan fingerprint density at radius 2 is 0.780 bits per heavy atom. The van der Waals surface area contributed by atoms with Gasteiger partial charge in [0.25, 0.3) is 0 Å². The van der Waals surface area contributed by atoms with Crippen molar-refractivity contribution in [3.05, 3.63) is 222 Å². The third-order valence-electron chi connectivity index (χ3n) is 10.7. The van der Waals surface area contributed by atoms with Gasteiger partial charge in [0, 0.05) is 16.5 Å². The van der Waals surface area contributed by atoms with Crippen LogP contribution in [0, 0.1) is 0 Å². The lowest BCUT2D eigenvalue weighted by Gasteiger charge is -2.34. The monoisotopic (exact) mass is 635 g/mol. The Morgan fingerprint density at radius 1 is 0.320 bits per heavy atom. The first-order valence-corrected chi connectivity index (χ1v) is 17.4. The standard InChI is InChI=1S/C49H33N/c1-5-15-34(16-6-1)36-25-29-47-43(31-36)44-32-37(35-17-7-2-8-18-35)26-30-48(44)50(47)40-27-28-42-41-23-13-14-24-45(41)49(46(42)33-40,38-19-9-3-10-20-38)39-21-11-4-12-22-39/h1-33H. The molecule has 0 amide bonds. The number of rotatable bonds is 5. The molecule has 8 aromatic carbocycles. The van der Waals surface area contributed by atoms with Gasteiger partial charge in [-0.1, -0.05) is 164 Å². The smallest absolute Gasteiger partial charge is 0.0714 e. The third kappa shape index (κ3) is 4.20. The van der Waals surface area contributed by atoms with Crippen molar-refractivity contribution in [2.75, 3.05) is 0 Å². The first kappa shape index (κ1) is 28.6. The average molecular weight is 636 g/mol. The second-order valence-electron chi connectivity index (χ2n) is 13.3. The van der Waals surface area contributed by atoms with Crippen LogP contribution in [-0.4, -0.2) is 4.57 Å². The normalized spacial score (nSPS) is 13.0. The molecule has 9 aromatic rings. The fourth-order valence-electron chi connectivity index (χ4n) is 8.49. The SMILES string of the molecule is c1ccc(-c2ccc3c(c2)c2cc(-c4ccccc4)ccc2n3-c2ccc3c(c2)C(c2ccccc2)(c2ccccc2)c2ccccc2-3)cc1. The molecule has 50 heavy (non-hydrogen) atoms. The van der Waals surface area contributed by atoms with E-state index in [0.717, 1.165) is 5.69 Å².